The van der Waals surface area contributed by atoms with Gasteiger partial charge in [-0.15, -0.1) is 0 Å². The second-order valence-corrected chi connectivity index (χ2v) is 9.66. The smallest absolute Gasteiger partial charge is 0.337 e. The molecule has 2 aromatic carbocycles. The molecule has 0 unspecified atom stereocenters. The zero-order valence-corrected chi connectivity index (χ0v) is 17.7. The molecule has 0 aromatic heterocycles. The summed E-state index contributed by atoms with van der Waals surface area (Å²) in [6, 6.07) is 11.4. The van der Waals surface area contributed by atoms with Crippen molar-refractivity contribution in [2.45, 2.75) is 56.9 Å². The van der Waals surface area contributed by atoms with E-state index in [0.717, 1.165) is 19.4 Å². The fraction of sp³-hybridized carbons (Fsp3) is 0.480. The van der Waals surface area contributed by atoms with Gasteiger partial charge in [0.05, 0.1) is 16.9 Å². The molecule has 1 saturated carbocycles. The van der Waals surface area contributed by atoms with Gasteiger partial charge < -0.3 is 20.4 Å². The monoisotopic (exact) mass is 406 g/mol. The Hall–Kier alpha value is -2.53. The van der Waals surface area contributed by atoms with Crippen LogP contribution in [0, 0.1) is 5.41 Å². The molecule has 158 valence electrons. The van der Waals surface area contributed by atoms with Gasteiger partial charge in [-0.2, -0.15) is 0 Å². The first-order valence-corrected chi connectivity index (χ1v) is 11.0. The summed E-state index contributed by atoms with van der Waals surface area (Å²) in [6.07, 6.45) is 7.08. The second-order valence-electron chi connectivity index (χ2n) is 9.66. The van der Waals surface area contributed by atoms with Crippen LogP contribution in [0.4, 0.5) is 11.4 Å². The number of fused-ring (bicyclic) bond motifs is 1. The molecule has 2 aliphatic carbocycles. The Bertz CT molecular complexity index is 1020. The van der Waals surface area contributed by atoms with Crippen LogP contribution in [0.2, 0.25) is 0 Å². The number of aromatic hydroxyl groups is 1. The largest absolute Gasteiger partial charge is 0.506 e. The van der Waals surface area contributed by atoms with E-state index < -0.39 is 5.97 Å². The SMILES string of the molecule is CN1CC[C@@]23CCCC[C@]2(C)[C@@H]1Cc1cc(Nc2ccccc2C(=O)O)c(O)cc13. The lowest BCUT2D eigenvalue weighted by Crippen LogP contribution is -2.66. The quantitative estimate of drug-likeness (QED) is 0.632. The van der Waals surface area contributed by atoms with Crippen LogP contribution in [-0.2, 0) is 11.8 Å². The average molecular weight is 407 g/mol. The van der Waals surface area contributed by atoms with E-state index in [1.807, 2.05) is 6.07 Å². The van der Waals surface area contributed by atoms with Crippen molar-refractivity contribution in [3.8, 4) is 5.75 Å². The number of hydrogen-bond donors (Lipinski definition) is 3. The Kier molecular flexibility index (Phi) is 4.37. The van der Waals surface area contributed by atoms with Crippen LogP contribution >= 0.6 is 0 Å². The number of phenols is 1. The molecule has 30 heavy (non-hydrogen) atoms. The molecule has 2 bridgehead atoms. The summed E-state index contributed by atoms with van der Waals surface area (Å²) in [7, 11) is 2.25. The van der Waals surface area contributed by atoms with Crippen molar-refractivity contribution in [2.75, 3.05) is 18.9 Å². The first-order chi connectivity index (χ1) is 14.4. The van der Waals surface area contributed by atoms with Crippen LogP contribution in [0.25, 0.3) is 0 Å². The summed E-state index contributed by atoms with van der Waals surface area (Å²) in [5.74, 6) is -0.780. The van der Waals surface area contributed by atoms with E-state index in [1.165, 1.54) is 36.8 Å². The molecule has 0 spiro atoms. The molecule has 1 aliphatic heterocycles. The Morgan fingerprint density at radius 1 is 1.13 bits per heavy atom. The Balaban J connectivity index is 1.60. The Labute approximate surface area is 177 Å². The van der Waals surface area contributed by atoms with Gasteiger partial charge in [0, 0.05) is 11.5 Å². The van der Waals surface area contributed by atoms with Crippen molar-refractivity contribution < 1.29 is 15.0 Å². The minimum Gasteiger partial charge on any atom is -0.506 e. The summed E-state index contributed by atoms with van der Waals surface area (Å²) >= 11 is 0. The number of benzene rings is 2. The van der Waals surface area contributed by atoms with Gasteiger partial charge in [0.25, 0.3) is 0 Å². The van der Waals surface area contributed by atoms with E-state index in [9.17, 15) is 15.0 Å². The van der Waals surface area contributed by atoms with Crippen molar-refractivity contribution >= 4 is 17.3 Å². The molecule has 2 fully saturated rings. The fourth-order valence-corrected chi connectivity index (χ4v) is 6.79. The molecule has 3 aliphatic rings. The summed E-state index contributed by atoms with van der Waals surface area (Å²) < 4.78 is 0. The Morgan fingerprint density at radius 2 is 1.90 bits per heavy atom. The number of phenolic OH excluding ortho intramolecular Hbond substituents is 1. The lowest BCUT2D eigenvalue weighted by molar-refractivity contribution is -0.0735. The Morgan fingerprint density at radius 3 is 2.70 bits per heavy atom. The first kappa shape index (κ1) is 19.4. The normalized spacial score (nSPS) is 30.3. The first-order valence-electron chi connectivity index (χ1n) is 11.0. The summed E-state index contributed by atoms with van der Waals surface area (Å²) in [5, 5.41) is 23.6. The molecule has 3 N–H and O–H groups in total. The summed E-state index contributed by atoms with van der Waals surface area (Å²) in [5.41, 5.74) is 4.26. The molecule has 5 heteroatoms. The minimum atomic E-state index is -0.983. The topological polar surface area (TPSA) is 72.8 Å². The van der Waals surface area contributed by atoms with Gasteiger partial charge in [0.2, 0.25) is 0 Å². The standard InChI is InChI=1S/C25H30N2O3/c1-24-9-5-6-10-25(24)11-12-27(2)22(24)14-16-13-20(21(28)15-18(16)25)26-19-8-4-3-7-17(19)23(29)30/h3-4,7-8,13,15,22,26,28H,5-6,9-12,14H2,1-2H3,(H,29,30)/t22-,24+,25+/m0/s1. The van der Waals surface area contributed by atoms with E-state index in [2.05, 4.69) is 30.3 Å². The maximum Gasteiger partial charge on any atom is 0.337 e. The molecule has 5 rings (SSSR count). The molecule has 2 aromatic rings. The van der Waals surface area contributed by atoms with Crippen LogP contribution in [-0.4, -0.2) is 40.7 Å². The molecular weight excluding hydrogens is 376 g/mol. The van der Waals surface area contributed by atoms with Crippen molar-refractivity contribution in [3.05, 3.63) is 53.1 Å². The van der Waals surface area contributed by atoms with Gasteiger partial charge in [-0.25, -0.2) is 4.79 Å². The molecule has 5 nitrogen and oxygen atoms in total. The zero-order chi connectivity index (χ0) is 21.1. The van der Waals surface area contributed by atoms with E-state index in [0.29, 0.717) is 17.4 Å². The van der Waals surface area contributed by atoms with Gasteiger partial charge in [-0.05, 0) is 80.1 Å². The third kappa shape index (κ3) is 2.61. The van der Waals surface area contributed by atoms with Gasteiger partial charge in [0.15, 0.2) is 0 Å². The summed E-state index contributed by atoms with van der Waals surface area (Å²) in [6.45, 7) is 3.58. The van der Waals surface area contributed by atoms with Crippen LogP contribution in [0.1, 0.15) is 60.5 Å². The number of hydrogen-bond acceptors (Lipinski definition) is 4. The number of piperidine rings is 1. The molecule has 1 saturated heterocycles. The van der Waals surface area contributed by atoms with Gasteiger partial charge >= 0.3 is 5.97 Å². The predicted octanol–water partition coefficient (Wildman–Crippen LogP) is 4.91. The highest BCUT2D eigenvalue weighted by Crippen LogP contribution is 2.63. The number of likely N-dealkylation sites (N-methyl/N-ethyl adjacent to an activating group) is 1. The maximum absolute atomic E-state index is 11.6. The zero-order valence-electron chi connectivity index (χ0n) is 17.7. The van der Waals surface area contributed by atoms with Crippen molar-refractivity contribution in [3.63, 3.8) is 0 Å². The van der Waals surface area contributed by atoms with Crippen LogP contribution < -0.4 is 5.32 Å². The number of nitrogens with one attached hydrogen (secondary N) is 1. The van der Waals surface area contributed by atoms with Gasteiger partial charge in [-0.1, -0.05) is 31.9 Å². The van der Waals surface area contributed by atoms with E-state index >= 15 is 0 Å². The number of likely N-dealkylation sites (tertiary alicyclic amines) is 1. The van der Waals surface area contributed by atoms with Crippen LogP contribution in [0.15, 0.2) is 36.4 Å². The third-order valence-corrected chi connectivity index (χ3v) is 8.38. The van der Waals surface area contributed by atoms with E-state index in [4.69, 9.17) is 0 Å². The van der Waals surface area contributed by atoms with Crippen molar-refractivity contribution in [2.24, 2.45) is 5.41 Å². The minimum absolute atomic E-state index is 0.130. The molecule has 0 radical (unpaired) electrons. The number of rotatable bonds is 3. The number of aromatic carboxylic acids is 1. The number of para-hydroxylation sites is 1. The second kappa shape index (κ2) is 6.74. The highest BCUT2D eigenvalue weighted by atomic mass is 16.4. The molecule has 1 heterocycles. The predicted molar refractivity (Wildman–Crippen MR) is 118 cm³/mol. The maximum atomic E-state index is 11.6. The average Bonchev–Trinajstić information content (AvgIpc) is 2.72. The van der Waals surface area contributed by atoms with E-state index in [1.54, 1.807) is 24.3 Å². The van der Waals surface area contributed by atoms with Gasteiger partial charge in [-0.3, -0.25) is 0 Å². The number of carboxylic acid groups (broad SMARTS) is 1. The van der Waals surface area contributed by atoms with E-state index in [-0.39, 0.29) is 22.1 Å². The lowest BCUT2D eigenvalue weighted by Gasteiger charge is -2.65. The van der Waals surface area contributed by atoms with Crippen LogP contribution in [0.5, 0.6) is 5.75 Å². The number of carboxylic acids is 1. The third-order valence-electron chi connectivity index (χ3n) is 8.38. The lowest BCUT2D eigenvalue weighted by atomic mass is 9.45. The number of anilines is 2. The molecule has 0 amide bonds. The van der Waals surface area contributed by atoms with Crippen LogP contribution in [0.3, 0.4) is 0 Å². The highest BCUT2D eigenvalue weighted by Gasteiger charge is 2.60. The fourth-order valence-electron chi connectivity index (χ4n) is 6.79. The number of carbonyl (C=O) groups is 1. The van der Waals surface area contributed by atoms with Crippen molar-refractivity contribution in [1.29, 1.82) is 0 Å². The van der Waals surface area contributed by atoms with Gasteiger partial charge in [0.1, 0.15) is 5.75 Å². The van der Waals surface area contributed by atoms with Crippen molar-refractivity contribution in [1.82, 2.24) is 4.90 Å². The molecule has 3 atom stereocenters. The summed E-state index contributed by atoms with van der Waals surface area (Å²) in [4.78, 5) is 14.1. The number of nitrogens with zero attached hydrogens (tertiary/aromatic N) is 1. The molecular formula is C25H30N2O3. The highest BCUT2D eigenvalue weighted by molar-refractivity contribution is 5.95.